The first kappa shape index (κ1) is 8.52. The number of piperidine rings is 1. The van der Waals surface area contributed by atoms with Crippen molar-refractivity contribution in [3.05, 3.63) is 0 Å². The van der Waals surface area contributed by atoms with Crippen molar-refractivity contribution in [2.24, 2.45) is 5.41 Å². The Kier molecular flexibility index (Phi) is 2.66. The minimum absolute atomic E-state index is 0.686. The van der Waals surface area contributed by atoms with Crippen LogP contribution in [0.2, 0.25) is 0 Å². The summed E-state index contributed by atoms with van der Waals surface area (Å²) in [6.45, 7) is 4.72. The number of nitrogens with one attached hydrogen (secondary N) is 1. The molecule has 0 aliphatic carbocycles. The molecule has 0 amide bonds. The Morgan fingerprint density at radius 1 is 0.917 bits per heavy atom. The lowest BCUT2D eigenvalue weighted by molar-refractivity contribution is 0.175. The van der Waals surface area contributed by atoms with Crippen LogP contribution in [0.5, 0.6) is 0 Å². The van der Waals surface area contributed by atoms with E-state index in [2.05, 4.69) is 10.6 Å². The SMILES string of the molecule is C1CNCCC2(C1)CC[N]CC2. The van der Waals surface area contributed by atoms with Gasteiger partial charge in [0.15, 0.2) is 0 Å². The van der Waals surface area contributed by atoms with Crippen molar-refractivity contribution in [1.82, 2.24) is 10.6 Å². The molecule has 1 spiro atoms. The fourth-order valence-corrected chi connectivity index (χ4v) is 2.56. The van der Waals surface area contributed by atoms with Crippen LogP contribution in [0.15, 0.2) is 0 Å². The Morgan fingerprint density at radius 3 is 2.58 bits per heavy atom. The van der Waals surface area contributed by atoms with E-state index in [0.29, 0.717) is 5.41 Å². The van der Waals surface area contributed by atoms with Gasteiger partial charge in [-0.25, -0.2) is 5.32 Å². The Morgan fingerprint density at radius 2 is 1.75 bits per heavy atom. The molecule has 12 heavy (non-hydrogen) atoms. The Bertz CT molecular complexity index is 129. The molecule has 2 fully saturated rings. The summed E-state index contributed by atoms with van der Waals surface area (Å²) >= 11 is 0. The average Bonchev–Trinajstić information content (AvgIpc) is 2.33. The largest absolute Gasteiger partial charge is 0.317 e. The second-order valence-corrected chi connectivity index (χ2v) is 4.27. The van der Waals surface area contributed by atoms with Crippen LogP contribution in [0.3, 0.4) is 0 Å². The van der Waals surface area contributed by atoms with E-state index in [9.17, 15) is 0 Å². The molecule has 2 aliphatic heterocycles. The standard InChI is InChI=1S/C10H19N2/c1-2-10(3-7-11-6-1)4-8-12-9-5-10/h11H,1-9H2. The lowest BCUT2D eigenvalue weighted by Gasteiger charge is -2.36. The maximum absolute atomic E-state index is 4.44. The summed E-state index contributed by atoms with van der Waals surface area (Å²) in [5, 5.41) is 7.93. The minimum atomic E-state index is 0.686. The third-order valence-electron chi connectivity index (χ3n) is 3.49. The summed E-state index contributed by atoms with van der Waals surface area (Å²) in [4.78, 5) is 0. The van der Waals surface area contributed by atoms with E-state index >= 15 is 0 Å². The lowest BCUT2D eigenvalue weighted by atomic mass is 9.73. The second-order valence-electron chi connectivity index (χ2n) is 4.27. The molecule has 0 saturated carbocycles. The molecule has 0 aromatic rings. The fraction of sp³-hybridized carbons (Fsp3) is 1.00. The molecule has 2 heteroatoms. The van der Waals surface area contributed by atoms with Crippen molar-refractivity contribution in [3.63, 3.8) is 0 Å². The molecule has 2 heterocycles. The van der Waals surface area contributed by atoms with Crippen molar-refractivity contribution < 1.29 is 0 Å². The Hall–Kier alpha value is -0.0800. The molecule has 0 bridgehead atoms. The Labute approximate surface area is 75.1 Å². The fourth-order valence-electron chi connectivity index (χ4n) is 2.56. The number of rotatable bonds is 0. The second kappa shape index (κ2) is 3.75. The highest BCUT2D eigenvalue weighted by Gasteiger charge is 2.32. The van der Waals surface area contributed by atoms with E-state index in [0.717, 1.165) is 13.1 Å². The van der Waals surface area contributed by atoms with Crippen LogP contribution < -0.4 is 10.6 Å². The van der Waals surface area contributed by atoms with Crippen LogP contribution in [-0.2, 0) is 0 Å². The zero-order valence-corrected chi connectivity index (χ0v) is 7.81. The highest BCUT2D eigenvalue weighted by atomic mass is 14.9. The van der Waals surface area contributed by atoms with Crippen molar-refractivity contribution in [3.8, 4) is 0 Å². The first-order chi connectivity index (χ1) is 5.91. The van der Waals surface area contributed by atoms with E-state index in [1.54, 1.807) is 0 Å². The minimum Gasteiger partial charge on any atom is -0.317 e. The number of nitrogens with zero attached hydrogens (tertiary/aromatic N) is 1. The normalized spacial score (nSPS) is 30.0. The van der Waals surface area contributed by atoms with Gasteiger partial charge in [-0.2, -0.15) is 0 Å². The summed E-state index contributed by atoms with van der Waals surface area (Å²) in [5.41, 5.74) is 0.686. The van der Waals surface area contributed by atoms with Gasteiger partial charge in [0.1, 0.15) is 0 Å². The molecule has 2 rings (SSSR count). The molecule has 69 valence electrons. The molecule has 0 aromatic carbocycles. The summed E-state index contributed by atoms with van der Waals surface area (Å²) in [5.74, 6) is 0. The molecule has 1 radical (unpaired) electrons. The van der Waals surface area contributed by atoms with Gasteiger partial charge in [-0.3, -0.25) is 0 Å². The first-order valence-corrected chi connectivity index (χ1v) is 5.25. The molecule has 2 aliphatic rings. The smallest absolute Gasteiger partial charge is 0.0138 e. The van der Waals surface area contributed by atoms with Crippen LogP contribution in [0.25, 0.3) is 0 Å². The van der Waals surface area contributed by atoms with Gasteiger partial charge >= 0.3 is 0 Å². The third kappa shape index (κ3) is 1.80. The van der Waals surface area contributed by atoms with Gasteiger partial charge in [0.2, 0.25) is 0 Å². The van der Waals surface area contributed by atoms with Crippen LogP contribution in [0.1, 0.15) is 32.1 Å². The first-order valence-electron chi connectivity index (χ1n) is 5.25. The van der Waals surface area contributed by atoms with Gasteiger partial charge in [-0.1, -0.05) is 0 Å². The third-order valence-corrected chi connectivity index (χ3v) is 3.49. The maximum Gasteiger partial charge on any atom is 0.0138 e. The van der Waals surface area contributed by atoms with E-state index < -0.39 is 0 Å². The van der Waals surface area contributed by atoms with Gasteiger partial charge in [0, 0.05) is 13.1 Å². The zero-order valence-electron chi connectivity index (χ0n) is 7.81. The van der Waals surface area contributed by atoms with Crippen molar-refractivity contribution in [2.75, 3.05) is 26.2 Å². The molecule has 0 atom stereocenters. The van der Waals surface area contributed by atoms with Gasteiger partial charge in [-0.05, 0) is 50.6 Å². The van der Waals surface area contributed by atoms with E-state index in [1.165, 1.54) is 45.2 Å². The molecule has 0 aromatic heterocycles. The van der Waals surface area contributed by atoms with Crippen LogP contribution in [0, 0.1) is 5.41 Å². The predicted octanol–water partition coefficient (Wildman–Crippen LogP) is 1.14. The monoisotopic (exact) mass is 167 g/mol. The van der Waals surface area contributed by atoms with Crippen molar-refractivity contribution >= 4 is 0 Å². The summed E-state index contributed by atoms with van der Waals surface area (Å²) in [6, 6.07) is 0. The van der Waals surface area contributed by atoms with Crippen molar-refractivity contribution in [1.29, 1.82) is 0 Å². The van der Waals surface area contributed by atoms with Crippen LogP contribution >= 0.6 is 0 Å². The highest BCUT2D eigenvalue weighted by Crippen LogP contribution is 2.38. The van der Waals surface area contributed by atoms with Crippen LogP contribution in [0.4, 0.5) is 0 Å². The van der Waals surface area contributed by atoms with Crippen LogP contribution in [-0.4, -0.2) is 26.2 Å². The lowest BCUT2D eigenvalue weighted by Crippen LogP contribution is -2.34. The zero-order chi connectivity index (χ0) is 8.28. The van der Waals surface area contributed by atoms with E-state index in [4.69, 9.17) is 0 Å². The molecule has 0 unspecified atom stereocenters. The summed E-state index contributed by atoms with van der Waals surface area (Å²) < 4.78 is 0. The molecule has 1 N–H and O–H groups in total. The van der Waals surface area contributed by atoms with Crippen molar-refractivity contribution in [2.45, 2.75) is 32.1 Å². The number of hydrogen-bond acceptors (Lipinski definition) is 1. The molecule has 2 nitrogen and oxygen atoms in total. The predicted molar refractivity (Wildman–Crippen MR) is 50.3 cm³/mol. The van der Waals surface area contributed by atoms with E-state index in [1.807, 2.05) is 0 Å². The molecular formula is C10H19N2. The maximum atomic E-state index is 4.44. The topological polar surface area (TPSA) is 26.1 Å². The van der Waals surface area contributed by atoms with Gasteiger partial charge in [0.05, 0.1) is 0 Å². The summed E-state index contributed by atoms with van der Waals surface area (Å²) in [7, 11) is 0. The quantitative estimate of drug-likeness (QED) is 0.575. The average molecular weight is 167 g/mol. The van der Waals surface area contributed by atoms with Gasteiger partial charge in [0.25, 0.3) is 0 Å². The summed E-state index contributed by atoms with van der Waals surface area (Å²) in [6.07, 6.45) is 6.92. The molecular weight excluding hydrogens is 148 g/mol. The Balaban J connectivity index is 1.95. The number of hydrogen-bond donors (Lipinski definition) is 1. The van der Waals surface area contributed by atoms with Gasteiger partial charge in [-0.15, -0.1) is 0 Å². The molecule has 2 saturated heterocycles. The highest BCUT2D eigenvalue weighted by molar-refractivity contribution is 4.86. The van der Waals surface area contributed by atoms with E-state index in [-0.39, 0.29) is 0 Å². The van der Waals surface area contributed by atoms with Gasteiger partial charge < -0.3 is 5.32 Å².